The fourth-order valence-electron chi connectivity index (χ4n) is 3.85. The van der Waals surface area contributed by atoms with Crippen LogP contribution in [-0.2, 0) is 16.1 Å². The number of hydrogen-bond donors (Lipinski definition) is 2. The zero-order valence-corrected chi connectivity index (χ0v) is 17.0. The number of hydrogen-bond acceptors (Lipinski definition) is 4. The molecule has 30 heavy (non-hydrogen) atoms. The van der Waals surface area contributed by atoms with E-state index in [1.165, 1.54) is 11.2 Å². The fourth-order valence-corrected chi connectivity index (χ4v) is 3.85. The Morgan fingerprint density at radius 2 is 2.00 bits per heavy atom. The van der Waals surface area contributed by atoms with Crippen LogP contribution in [0.4, 0.5) is 4.79 Å². The maximum absolute atomic E-state index is 13.2. The first-order valence-corrected chi connectivity index (χ1v) is 9.94. The SMILES string of the molecule is CCN1C(=O)N[C@@H](c2ccc(C)cc2)C2=C1CN(CC(=O)NCc1ccco1)C2=O. The minimum atomic E-state index is -0.528. The molecule has 2 N–H and O–H groups in total. The van der Waals surface area contributed by atoms with E-state index in [1.54, 1.807) is 17.0 Å². The molecule has 4 amide bonds. The monoisotopic (exact) mass is 408 g/mol. The summed E-state index contributed by atoms with van der Waals surface area (Å²) in [5.41, 5.74) is 3.13. The van der Waals surface area contributed by atoms with Crippen LogP contribution in [0, 0.1) is 6.92 Å². The molecule has 2 aliphatic rings. The average Bonchev–Trinajstić information content (AvgIpc) is 3.35. The summed E-state index contributed by atoms with van der Waals surface area (Å²) in [4.78, 5) is 41.3. The lowest BCUT2D eigenvalue weighted by Crippen LogP contribution is -2.47. The standard InChI is InChI=1S/C22H24N4O4/c1-3-26-17-12-25(13-18(27)23-11-16-5-4-10-30-16)21(28)19(17)20(24-22(26)29)15-8-6-14(2)7-9-15/h4-10,20H,3,11-13H2,1-2H3,(H,23,27)(H,24,29)/t20-/m0/s1. The van der Waals surface area contributed by atoms with Crippen LogP contribution < -0.4 is 10.6 Å². The second-order valence-corrected chi connectivity index (χ2v) is 7.42. The molecule has 1 atom stereocenters. The van der Waals surface area contributed by atoms with E-state index < -0.39 is 6.04 Å². The highest BCUT2D eigenvalue weighted by molar-refractivity contribution is 6.03. The molecule has 0 saturated carbocycles. The summed E-state index contributed by atoms with van der Waals surface area (Å²) in [7, 11) is 0. The molecule has 0 bridgehead atoms. The molecule has 1 aromatic heterocycles. The predicted molar refractivity (Wildman–Crippen MR) is 109 cm³/mol. The number of likely N-dealkylation sites (N-methyl/N-ethyl adjacent to an activating group) is 1. The zero-order valence-electron chi connectivity index (χ0n) is 17.0. The predicted octanol–water partition coefficient (Wildman–Crippen LogP) is 2.09. The van der Waals surface area contributed by atoms with Gasteiger partial charge < -0.3 is 20.0 Å². The molecule has 156 valence electrons. The lowest BCUT2D eigenvalue weighted by Gasteiger charge is -2.32. The van der Waals surface area contributed by atoms with Gasteiger partial charge in [-0.2, -0.15) is 0 Å². The topological polar surface area (TPSA) is 94.9 Å². The molecule has 1 aromatic carbocycles. The highest BCUT2D eigenvalue weighted by Gasteiger charge is 2.43. The first-order chi connectivity index (χ1) is 14.5. The summed E-state index contributed by atoms with van der Waals surface area (Å²) < 4.78 is 5.21. The average molecular weight is 408 g/mol. The van der Waals surface area contributed by atoms with E-state index in [0.717, 1.165) is 11.1 Å². The van der Waals surface area contributed by atoms with Gasteiger partial charge in [-0.25, -0.2) is 4.79 Å². The van der Waals surface area contributed by atoms with E-state index >= 15 is 0 Å². The molecule has 3 heterocycles. The molecular weight excluding hydrogens is 384 g/mol. The van der Waals surface area contributed by atoms with Crippen molar-refractivity contribution < 1.29 is 18.8 Å². The Balaban J connectivity index is 1.53. The van der Waals surface area contributed by atoms with Gasteiger partial charge in [0.15, 0.2) is 0 Å². The maximum Gasteiger partial charge on any atom is 0.322 e. The van der Waals surface area contributed by atoms with Gasteiger partial charge in [0.1, 0.15) is 12.3 Å². The van der Waals surface area contributed by atoms with Gasteiger partial charge in [0.2, 0.25) is 5.91 Å². The van der Waals surface area contributed by atoms with Gasteiger partial charge in [-0.3, -0.25) is 14.5 Å². The largest absolute Gasteiger partial charge is 0.467 e. The Kier molecular flexibility index (Phi) is 5.31. The Hall–Kier alpha value is -3.55. The summed E-state index contributed by atoms with van der Waals surface area (Å²) >= 11 is 0. The second kappa shape index (κ2) is 8.06. The number of nitrogens with zero attached hydrogens (tertiary/aromatic N) is 2. The number of amides is 4. The number of carbonyl (C=O) groups is 3. The van der Waals surface area contributed by atoms with Crippen molar-refractivity contribution in [2.45, 2.75) is 26.4 Å². The van der Waals surface area contributed by atoms with Crippen LogP contribution in [0.25, 0.3) is 0 Å². The molecule has 0 spiro atoms. The lowest BCUT2D eigenvalue weighted by molar-refractivity contribution is -0.132. The van der Waals surface area contributed by atoms with E-state index in [4.69, 9.17) is 4.42 Å². The van der Waals surface area contributed by atoms with Gasteiger partial charge in [-0.1, -0.05) is 29.8 Å². The molecule has 8 heteroatoms. The second-order valence-electron chi connectivity index (χ2n) is 7.42. The third-order valence-corrected chi connectivity index (χ3v) is 5.40. The van der Waals surface area contributed by atoms with Gasteiger partial charge in [-0.05, 0) is 31.5 Å². The Morgan fingerprint density at radius 1 is 1.23 bits per heavy atom. The van der Waals surface area contributed by atoms with E-state index in [2.05, 4.69) is 10.6 Å². The van der Waals surface area contributed by atoms with Gasteiger partial charge >= 0.3 is 6.03 Å². The molecule has 0 aliphatic carbocycles. The minimum absolute atomic E-state index is 0.0844. The lowest BCUT2D eigenvalue weighted by atomic mass is 9.95. The first-order valence-electron chi connectivity index (χ1n) is 9.94. The molecule has 8 nitrogen and oxygen atoms in total. The van der Waals surface area contributed by atoms with Crippen molar-refractivity contribution >= 4 is 17.8 Å². The third kappa shape index (κ3) is 3.68. The minimum Gasteiger partial charge on any atom is -0.467 e. The van der Waals surface area contributed by atoms with Gasteiger partial charge in [0.05, 0.1) is 36.7 Å². The number of furan rings is 1. The summed E-state index contributed by atoms with van der Waals surface area (Å²) in [6, 6.07) is 10.5. The number of urea groups is 1. The van der Waals surface area contributed by atoms with Crippen LogP contribution in [0.1, 0.15) is 29.9 Å². The summed E-state index contributed by atoms with van der Waals surface area (Å²) in [6.07, 6.45) is 1.54. The molecule has 0 radical (unpaired) electrons. The molecule has 4 rings (SSSR count). The molecule has 0 unspecified atom stereocenters. The van der Waals surface area contributed by atoms with Crippen molar-refractivity contribution in [1.82, 2.24) is 20.4 Å². The van der Waals surface area contributed by atoms with Crippen molar-refractivity contribution in [3.05, 3.63) is 70.8 Å². The fraction of sp³-hybridized carbons (Fsp3) is 0.318. The number of rotatable bonds is 6. The first kappa shape index (κ1) is 19.8. The molecule has 0 fully saturated rings. The number of benzene rings is 1. The summed E-state index contributed by atoms with van der Waals surface area (Å²) in [5.74, 6) is 0.121. The highest BCUT2D eigenvalue weighted by Crippen LogP contribution is 2.36. The zero-order chi connectivity index (χ0) is 21.3. The van der Waals surface area contributed by atoms with E-state index in [9.17, 15) is 14.4 Å². The van der Waals surface area contributed by atoms with Crippen molar-refractivity contribution in [3.63, 3.8) is 0 Å². The third-order valence-electron chi connectivity index (χ3n) is 5.40. The van der Waals surface area contributed by atoms with Gasteiger partial charge in [-0.15, -0.1) is 0 Å². The summed E-state index contributed by atoms with van der Waals surface area (Å²) in [5, 5.41) is 5.70. The van der Waals surface area contributed by atoms with Gasteiger partial charge in [0.25, 0.3) is 5.91 Å². The highest BCUT2D eigenvalue weighted by atomic mass is 16.3. The molecule has 2 aliphatic heterocycles. The normalized spacial score (nSPS) is 18.5. The van der Waals surface area contributed by atoms with Crippen molar-refractivity contribution in [2.75, 3.05) is 19.6 Å². The Labute approximate surface area is 174 Å². The van der Waals surface area contributed by atoms with E-state index in [0.29, 0.717) is 23.6 Å². The van der Waals surface area contributed by atoms with E-state index in [1.807, 2.05) is 38.1 Å². The quantitative estimate of drug-likeness (QED) is 0.765. The van der Waals surface area contributed by atoms with Crippen molar-refractivity contribution in [3.8, 4) is 0 Å². The van der Waals surface area contributed by atoms with Crippen LogP contribution >= 0.6 is 0 Å². The number of carbonyl (C=O) groups excluding carboxylic acids is 3. The maximum atomic E-state index is 13.2. The van der Waals surface area contributed by atoms with Crippen molar-refractivity contribution in [2.24, 2.45) is 0 Å². The molecule has 2 aromatic rings. The number of nitrogens with one attached hydrogen (secondary N) is 2. The number of aryl methyl sites for hydroxylation is 1. The van der Waals surface area contributed by atoms with Crippen LogP contribution in [0.2, 0.25) is 0 Å². The Morgan fingerprint density at radius 3 is 2.67 bits per heavy atom. The van der Waals surface area contributed by atoms with Crippen LogP contribution in [-0.4, -0.2) is 47.3 Å². The van der Waals surface area contributed by atoms with Gasteiger partial charge in [0, 0.05) is 6.54 Å². The molecule has 0 saturated heterocycles. The smallest absolute Gasteiger partial charge is 0.322 e. The van der Waals surface area contributed by atoms with Crippen molar-refractivity contribution in [1.29, 1.82) is 0 Å². The van der Waals surface area contributed by atoms with E-state index in [-0.39, 0.29) is 37.5 Å². The van der Waals surface area contributed by atoms with Crippen LogP contribution in [0.5, 0.6) is 0 Å². The van der Waals surface area contributed by atoms with Crippen LogP contribution in [0.15, 0.2) is 58.3 Å². The summed E-state index contributed by atoms with van der Waals surface area (Å²) in [6.45, 7) is 4.69. The molecular formula is C22H24N4O4. The van der Waals surface area contributed by atoms with Crippen LogP contribution in [0.3, 0.4) is 0 Å². The Bertz CT molecular complexity index is 995.